The van der Waals surface area contributed by atoms with Crippen LogP contribution in [0.2, 0.25) is 0 Å². The number of aromatic nitrogens is 1. The molecule has 0 aliphatic heterocycles. The lowest BCUT2D eigenvalue weighted by molar-refractivity contribution is 0.929. The number of nitrogens with two attached hydrogens (primary N) is 1. The molecule has 0 fully saturated rings. The van der Waals surface area contributed by atoms with E-state index in [4.69, 9.17) is 5.73 Å². The van der Waals surface area contributed by atoms with E-state index in [9.17, 15) is 4.79 Å². The van der Waals surface area contributed by atoms with Gasteiger partial charge in [-0.1, -0.05) is 12.1 Å². The molecule has 0 unspecified atom stereocenters. The normalized spacial score (nSPS) is 10.8. The first-order valence-corrected chi connectivity index (χ1v) is 5.04. The van der Waals surface area contributed by atoms with Crippen molar-refractivity contribution in [2.75, 3.05) is 6.54 Å². The Morgan fingerprint density at radius 3 is 2.93 bits per heavy atom. The Labute approximate surface area is 87.9 Å². The van der Waals surface area contributed by atoms with Crippen LogP contribution in [0.5, 0.6) is 0 Å². The third-order valence-corrected chi connectivity index (χ3v) is 2.54. The van der Waals surface area contributed by atoms with Gasteiger partial charge in [0.15, 0.2) is 5.43 Å². The van der Waals surface area contributed by atoms with Crippen LogP contribution in [0.15, 0.2) is 29.1 Å². The fourth-order valence-corrected chi connectivity index (χ4v) is 1.76. The number of fused-ring (bicyclic) bond motifs is 1. The summed E-state index contributed by atoms with van der Waals surface area (Å²) in [6.07, 6.45) is 0.708. The molecular weight excluding hydrogens is 188 g/mol. The summed E-state index contributed by atoms with van der Waals surface area (Å²) >= 11 is 0. The number of rotatable bonds is 2. The standard InChI is InChI=1S/C12H14N2O/c1-8-3-2-4-10-11(15)7-9(5-6-13)14-12(8)10/h2-4,7H,5-6,13H2,1H3,(H,14,15). The maximum atomic E-state index is 11.8. The van der Waals surface area contributed by atoms with Gasteiger partial charge in [-0.05, 0) is 31.5 Å². The minimum atomic E-state index is 0.0656. The zero-order valence-electron chi connectivity index (χ0n) is 8.71. The lowest BCUT2D eigenvalue weighted by atomic mass is 10.1. The zero-order chi connectivity index (χ0) is 10.8. The van der Waals surface area contributed by atoms with Crippen molar-refractivity contribution < 1.29 is 0 Å². The molecule has 0 amide bonds. The number of benzene rings is 1. The van der Waals surface area contributed by atoms with E-state index in [-0.39, 0.29) is 5.43 Å². The van der Waals surface area contributed by atoms with Gasteiger partial charge in [0.25, 0.3) is 0 Å². The van der Waals surface area contributed by atoms with Crippen LogP contribution >= 0.6 is 0 Å². The second kappa shape index (κ2) is 3.87. The van der Waals surface area contributed by atoms with Gasteiger partial charge in [-0.25, -0.2) is 0 Å². The molecule has 0 aliphatic carbocycles. The van der Waals surface area contributed by atoms with Crippen molar-refractivity contribution in [2.24, 2.45) is 5.73 Å². The molecule has 3 heteroatoms. The van der Waals surface area contributed by atoms with Gasteiger partial charge >= 0.3 is 0 Å². The predicted molar refractivity (Wildman–Crippen MR) is 62.1 cm³/mol. The Hall–Kier alpha value is -1.61. The van der Waals surface area contributed by atoms with Crippen molar-refractivity contribution in [3.63, 3.8) is 0 Å². The average Bonchev–Trinajstić information content (AvgIpc) is 2.20. The Morgan fingerprint density at radius 2 is 2.20 bits per heavy atom. The number of aromatic amines is 1. The molecule has 2 aromatic rings. The summed E-state index contributed by atoms with van der Waals surface area (Å²) in [4.78, 5) is 15.0. The molecule has 15 heavy (non-hydrogen) atoms. The Kier molecular flexibility index (Phi) is 2.56. The van der Waals surface area contributed by atoms with E-state index in [1.807, 2.05) is 25.1 Å². The predicted octanol–water partition coefficient (Wildman–Crippen LogP) is 1.34. The maximum Gasteiger partial charge on any atom is 0.189 e. The van der Waals surface area contributed by atoms with Crippen molar-refractivity contribution in [1.29, 1.82) is 0 Å². The molecular formula is C12H14N2O. The molecule has 0 aliphatic rings. The molecule has 0 bridgehead atoms. The second-order valence-electron chi connectivity index (χ2n) is 3.69. The third kappa shape index (κ3) is 1.78. The van der Waals surface area contributed by atoms with E-state index in [0.29, 0.717) is 13.0 Å². The molecule has 2 rings (SSSR count). The number of nitrogens with one attached hydrogen (secondary N) is 1. The highest BCUT2D eigenvalue weighted by Crippen LogP contribution is 2.12. The molecule has 1 heterocycles. The number of hydrogen-bond acceptors (Lipinski definition) is 2. The molecule has 0 spiro atoms. The number of hydrogen-bond donors (Lipinski definition) is 2. The summed E-state index contributed by atoms with van der Waals surface area (Å²) in [6, 6.07) is 7.36. The maximum absolute atomic E-state index is 11.8. The van der Waals surface area contributed by atoms with Gasteiger partial charge in [0.05, 0.1) is 5.52 Å². The zero-order valence-corrected chi connectivity index (χ0v) is 8.71. The number of H-pyrrole nitrogens is 1. The molecule has 78 valence electrons. The highest BCUT2D eigenvalue weighted by molar-refractivity contribution is 5.81. The van der Waals surface area contributed by atoms with E-state index >= 15 is 0 Å². The first-order valence-electron chi connectivity index (χ1n) is 5.04. The minimum Gasteiger partial charge on any atom is -0.358 e. The van der Waals surface area contributed by atoms with Crippen molar-refractivity contribution in [3.05, 3.63) is 45.7 Å². The number of para-hydroxylation sites is 1. The molecule has 0 radical (unpaired) electrons. The largest absolute Gasteiger partial charge is 0.358 e. The number of aryl methyl sites for hydroxylation is 1. The van der Waals surface area contributed by atoms with Crippen molar-refractivity contribution in [1.82, 2.24) is 4.98 Å². The Bertz CT molecular complexity index is 543. The van der Waals surface area contributed by atoms with E-state index < -0.39 is 0 Å². The van der Waals surface area contributed by atoms with Gasteiger partial charge in [0.2, 0.25) is 0 Å². The van der Waals surface area contributed by atoms with E-state index in [2.05, 4.69) is 4.98 Å². The highest BCUT2D eigenvalue weighted by Gasteiger charge is 2.03. The lowest BCUT2D eigenvalue weighted by Gasteiger charge is -2.05. The topological polar surface area (TPSA) is 58.9 Å². The monoisotopic (exact) mass is 202 g/mol. The molecule has 0 saturated carbocycles. The first kappa shape index (κ1) is 9.93. The fraction of sp³-hybridized carbons (Fsp3) is 0.250. The smallest absolute Gasteiger partial charge is 0.189 e. The van der Waals surface area contributed by atoms with Crippen LogP contribution in [0.25, 0.3) is 10.9 Å². The van der Waals surface area contributed by atoms with Crippen LogP contribution in [0.3, 0.4) is 0 Å². The fourth-order valence-electron chi connectivity index (χ4n) is 1.76. The third-order valence-electron chi connectivity index (χ3n) is 2.54. The molecule has 1 aromatic heterocycles. The Balaban J connectivity index is 2.74. The van der Waals surface area contributed by atoms with Crippen LogP contribution in [0, 0.1) is 6.92 Å². The van der Waals surface area contributed by atoms with Crippen LogP contribution in [-0.4, -0.2) is 11.5 Å². The first-order chi connectivity index (χ1) is 7.22. The van der Waals surface area contributed by atoms with Crippen molar-refractivity contribution >= 4 is 10.9 Å². The van der Waals surface area contributed by atoms with Crippen LogP contribution in [0.1, 0.15) is 11.3 Å². The molecule has 0 atom stereocenters. The van der Waals surface area contributed by atoms with Crippen molar-refractivity contribution in [2.45, 2.75) is 13.3 Å². The van der Waals surface area contributed by atoms with E-state index in [1.165, 1.54) is 0 Å². The van der Waals surface area contributed by atoms with Gasteiger partial charge in [-0.2, -0.15) is 0 Å². The summed E-state index contributed by atoms with van der Waals surface area (Å²) in [7, 11) is 0. The molecule has 3 N–H and O–H groups in total. The summed E-state index contributed by atoms with van der Waals surface area (Å²) in [5.74, 6) is 0. The van der Waals surface area contributed by atoms with Crippen molar-refractivity contribution in [3.8, 4) is 0 Å². The molecule has 3 nitrogen and oxygen atoms in total. The number of pyridine rings is 1. The summed E-state index contributed by atoms with van der Waals surface area (Å²) in [6.45, 7) is 2.54. The lowest BCUT2D eigenvalue weighted by Crippen LogP contribution is -2.10. The van der Waals surface area contributed by atoms with Crippen LogP contribution < -0.4 is 11.2 Å². The summed E-state index contributed by atoms with van der Waals surface area (Å²) in [5, 5.41) is 0.746. The van der Waals surface area contributed by atoms with E-state index in [1.54, 1.807) is 6.07 Å². The average molecular weight is 202 g/mol. The van der Waals surface area contributed by atoms with Gasteiger partial charge in [-0.3, -0.25) is 4.79 Å². The highest BCUT2D eigenvalue weighted by atomic mass is 16.1. The van der Waals surface area contributed by atoms with Gasteiger partial charge in [0, 0.05) is 17.1 Å². The summed E-state index contributed by atoms with van der Waals surface area (Å²) < 4.78 is 0. The van der Waals surface area contributed by atoms with Crippen LogP contribution in [0.4, 0.5) is 0 Å². The van der Waals surface area contributed by atoms with Crippen LogP contribution in [-0.2, 0) is 6.42 Å². The Morgan fingerprint density at radius 1 is 1.40 bits per heavy atom. The minimum absolute atomic E-state index is 0.0656. The van der Waals surface area contributed by atoms with E-state index in [0.717, 1.165) is 22.2 Å². The van der Waals surface area contributed by atoms with Gasteiger partial charge in [-0.15, -0.1) is 0 Å². The van der Waals surface area contributed by atoms with Gasteiger partial charge in [0.1, 0.15) is 0 Å². The van der Waals surface area contributed by atoms with Gasteiger partial charge < -0.3 is 10.7 Å². The quantitative estimate of drug-likeness (QED) is 0.772. The molecule has 1 aromatic carbocycles. The second-order valence-corrected chi connectivity index (χ2v) is 3.69. The molecule has 0 saturated heterocycles. The SMILES string of the molecule is Cc1cccc2c(=O)cc(CCN)[nH]c12. The summed E-state index contributed by atoms with van der Waals surface area (Å²) in [5.41, 5.74) is 8.45.